The molecule has 0 aliphatic carbocycles. The van der Waals surface area contributed by atoms with Gasteiger partial charge < -0.3 is 10.4 Å². The maximum absolute atomic E-state index is 13.1. The average molecular weight is 257 g/mol. The minimum Gasteiger partial charge on any atom is -0.481 e. The van der Waals surface area contributed by atoms with Crippen LogP contribution in [-0.4, -0.2) is 17.0 Å². The van der Waals surface area contributed by atoms with Gasteiger partial charge in [-0.1, -0.05) is 0 Å². The summed E-state index contributed by atoms with van der Waals surface area (Å²) in [4.78, 5) is 21.3. The lowest BCUT2D eigenvalue weighted by Crippen LogP contribution is -2.09. The van der Waals surface area contributed by atoms with Crippen LogP contribution in [0.4, 0.5) is 14.5 Å². The summed E-state index contributed by atoms with van der Waals surface area (Å²) in [5, 5.41) is 10.9. The molecule has 0 saturated carbocycles. The monoisotopic (exact) mass is 257 g/mol. The molecule has 0 heterocycles. The Labute approximate surface area is 103 Å². The number of carbonyl (C=O) groups is 2. The van der Waals surface area contributed by atoms with E-state index in [1.54, 1.807) is 0 Å². The van der Waals surface area contributed by atoms with E-state index in [-0.39, 0.29) is 24.9 Å². The molecule has 0 aliphatic rings. The van der Waals surface area contributed by atoms with Crippen molar-refractivity contribution in [2.75, 3.05) is 5.32 Å². The standard InChI is InChI=1S/C12H13F2NO3/c1-7(16)15-11-6-10(14)9(13)5-8(11)3-2-4-12(17)18/h5-6H,2-4H2,1H3,(H,15,16)(H,17,18). The van der Waals surface area contributed by atoms with E-state index in [0.717, 1.165) is 12.1 Å². The molecule has 4 nitrogen and oxygen atoms in total. The van der Waals surface area contributed by atoms with Crippen molar-refractivity contribution in [2.24, 2.45) is 0 Å². The van der Waals surface area contributed by atoms with Gasteiger partial charge in [0.1, 0.15) is 0 Å². The second-order valence-electron chi connectivity index (χ2n) is 3.85. The van der Waals surface area contributed by atoms with Crippen LogP contribution in [0, 0.1) is 11.6 Å². The first-order valence-electron chi connectivity index (χ1n) is 5.37. The Morgan fingerprint density at radius 3 is 2.44 bits per heavy atom. The molecular formula is C12H13F2NO3. The lowest BCUT2D eigenvalue weighted by atomic mass is 10.1. The fraction of sp³-hybridized carbons (Fsp3) is 0.333. The quantitative estimate of drug-likeness (QED) is 0.850. The largest absolute Gasteiger partial charge is 0.481 e. The lowest BCUT2D eigenvalue weighted by Gasteiger charge is -2.10. The van der Waals surface area contributed by atoms with Gasteiger partial charge in [0.15, 0.2) is 11.6 Å². The Hall–Kier alpha value is -1.98. The summed E-state index contributed by atoms with van der Waals surface area (Å²) in [5.74, 6) is -3.44. The fourth-order valence-corrected chi connectivity index (χ4v) is 1.53. The van der Waals surface area contributed by atoms with Crippen LogP contribution in [0.5, 0.6) is 0 Å². The van der Waals surface area contributed by atoms with E-state index in [2.05, 4.69) is 5.32 Å². The van der Waals surface area contributed by atoms with Crippen molar-refractivity contribution in [3.63, 3.8) is 0 Å². The highest BCUT2D eigenvalue weighted by molar-refractivity contribution is 5.89. The predicted molar refractivity (Wildman–Crippen MR) is 61.2 cm³/mol. The Kier molecular flexibility index (Phi) is 4.76. The summed E-state index contributed by atoms with van der Waals surface area (Å²) >= 11 is 0. The van der Waals surface area contributed by atoms with E-state index in [4.69, 9.17) is 5.11 Å². The van der Waals surface area contributed by atoms with Crippen molar-refractivity contribution >= 4 is 17.6 Å². The van der Waals surface area contributed by atoms with Crippen LogP contribution in [0.25, 0.3) is 0 Å². The number of amides is 1. The number of hydrogen-bond acceptors (Lipinski definition) is 2. The number of carbonyl (C=O) groups excluding carboxylic acids is 1. The maximum Gasteiger partial charge on any atom is 0.303 e. The number of hydrogen-bond donors (Lipinski definition) is 2. The van der Waals surface area contributed by atoms with Crippen molar-refractivity contribution < 1.29 is 23.5 Å². The molecule has 18 heavy (non-hydrogen) atoms. The molecule has 0 fully saturated rings. The number of nitrogens with one attached hydrogen (secondary N) is 1. The van der Waals surface area contributed by atoms with Crippen LogP contribution in [0.3, 0.4) is 0 Å². The Morgan fingerprint density at radius 1 is 1.28 bits per heavy atom. The lowest BCUT2D eigenvalue weighted by molar-refractivity contribution is -0.137. The molecule has 0 unspecified atom stereocenters. The molecule has 0 radical (unpaired) electrons. The zero-order valence-corrected chi connectivity index (χ0v) is 9.80. The first-order valence-corrected chi connectivity index (χ1v) is 5.37. The van der Waals surface area contributed by atoms with Gasteiger partial charge in [-0.2, -0.15) is 0 Å². The molecule has 6 heteroatoms. The fourth-order valence-electron chi connectivity index (χ4n) is 1.53. The summed E-state index contributed by atoms with van der Waals surface area (Å²) in [5.41, 5.74) is 0.553. The number of aryl methyl sites for hydroxylation is 1. The van der Waals surface area contributed by atoms with Gasteiger partial charge in [0.25, 0.3) is 0 Å². The molecule has 1 rings (SSSR count). The van der Waals surface area contributed by atoms with E-state index in [9.17, 15) is 18.4 Å². The van der Waals surface area contributed by atoms with Crippen LogP contribution in [-0.2, 0) is 16.0 Å². The number of carboxylic acids is 1. The van der Waals surface area contributed by atoms with Crippen LogP contribution >= 0.6 is 0 Å². The molecule has 0 aromatic heterocycles. The van der Waals surface area contributed by atoms with Crippen LogP contribution in [0.1, 0.15) is 25.3 Å². The average Bonchev–Trinajstić information content (AvgIpc) is 2.23. The molecular weight excluding hydrogens is 244 g/mol. The molecule has 2 N–H and O–H groups in total. The molecule has 1 aromatic rings. The number of benzene rings is 1. The van der Waals surface area contributed by atoms with Gasteiger partial charge in [-0.25, -0.2) is 8.78 Å². The van der Waals surface area contributed by atoms with Crippen molar-refractivity contribution in [3.8, 4) is 0 Å². The van der Waals surface area contributed by atoms with Crippen LogP contribution < -0.4 is 5.32 Å². The summed E-state index contributed by atoms with van der Waals surface area (Å²) in [6, 6.07) is 1.87. The number of anilines is 1. The molecule has 0 spiro atoms. The van der Waals surface area contributed by atoms with Crippen LogP contribution in [0.15, 0.2) is 12.1 Å². The smallest absolute Gasteiger partial charge is 0.303 e. The van der Waals surface area contributed by atoms with Gasteiger partial charge in [-0.15, -0.1) is 0 Å². The van der Waals surface area contributed by atoms with Gasteiger partial charge in [-0.05, 0) is 24.5 Å². The zero-order valence-electron chi connectivity index (χ0n) is 9.80. The molecule has 0 aliphatic heterocycles. The summed E-state index contributed by atoms with van der Waals surface area (Å²) in [7, 11) is 0. The predicted octanol–water partition coefficient (Wildman–Crippen LogP) is 2.33. The SMILES string of the molecule is CC(=O)Nc1cc(F)c(F)cc1CCCC(=O)O. The summed E-state index contributed by atoms with van der Waals surface area (Å²) in [6.45, 7) is 1.25. The highest BCUT2D eigenvalue weighted by atomic mass is 19.2. The number of aliphatic carboxylic acids is 1. The van der Waals surface area contributed by atoms with Gasteiger partial charge in [-0.3, -0.25) is 9.59 Å². The van der Waals surface area contributed by atoms with E-state index < -0.39 is 23.5 Å². The molecule has 1 amide bonds. The Morgan fingerprint density at radius 2 is 1.89 bits per heavy atom. The van der Waals surface area contributed by atoms with E-state index in [1.165, 1.54) is 6.92 Å². The molecule has 1 aromatic carbocycles. The summed E-state index contributed by atoms with van der Waals surface area (Å²) in [6.07, 6.45) is 0.463. The van der Waals surface area contributed by atoms with Gasteiger partial charge in [0.2, 0.25) is 5.91 Å². The summed E-state index contributed by atoms with van der Waals surface area (Å²) < 4.78 is 26.1. The minimum absolute atomic E-state index is 0.0709. The third kappa shape index (κ3) is 4.12. The second-order valence-corrected chi connectivity index (χ2v) is 3.85. The minimum atomic E-state index is -1.05. The van der Waals surface area contributed by atoms with E-state index in [0.29, 0.717) is 5.56 Å². The van der Waals surface area contributed by atoms with E-state index >= 15 is 0 Å². The third-order valence-corrected chi connectivity index (χ3v) is 2.29. The normalized spacial score (nSPS) is 10.2. The molecule has 0 saturated heterocycles. The van der Waals surface area contributed by atoms with Crippen LogP contribution in [0.2, 0.25) is 0 Å². The highest BCUT2D eigenvalue weighted by Gasteiger charge is 2.11. The number of carboxylic acid groups (broad SMARTS) is 1. The molecule has 98 valence electrons. The van der Waals surface area contributed by atoms with Gasteiger partial charge in [0, 0.05) is 25.1 Å². The highest BCUT2D eigenvalue weighted by Crippen LogP contribution is 2.22. The van der Waals surface area contributed by atoms with Gasteiger partial charge in [0.05, 0.1) is 0 Å². The van der Waals surface area contributed by atoms with Gasteiger partial charge >= 0.3 is 5.97 Å². The van der Waals surface area contributed by atoms with Crippen molar-refractivity contribution in [2.45, 2.75) is 26.2 Å². The number of rotatable bonds is 5. The topological polar surface area (TPSA) is 66.4 Å². The Balaban J connectivity index is 2.89. The third-order valence-electron chi connectivity index (χ3n) is 2.29. The second kappa shape index (κ2) is 6.09. The van der Waals surface area contributed by atoms with Crippen molar-refractivity contribution in [3.05, 3.63) is 29.3 Å². The Bertz CT molecular complexity index is 475. The van der Waals surface area contributed by atoms with Crippen molar-refractivity contribution in [1.82, 2.24) is 0 Å². The number of halogens is 2. The molecule has 0 bridgehead atoms. The van der Waals surface area contributed by atoms with Crippen molar-refractivity contribution in [1.29, 1.82) is 0 Å². The first kappa shape index (κ1) is 14.1. The maximum atomic E-state index is 13.1. The zero-order chi connectivity index (χ0) is 13.7. The molecule has 0 atom stereocenters. The first-order chi connectivity index (χ1) is 8.40. The van der Waals surface area contributed by atoms with E-state index in [1.807, 2.05) is 0 Å².